The number of unbranched alkanes of at least 4 members (excludes halogenated alkanes) is 2. The molecule has 14 heavy (non-hydrogen) atoms. The molecule has 3 heteroatoms. The number of rotatable bonds is 6. The molecule has 1 heterocycles. The van der Waals surface area contributed by atoms with E-state index in [9.17, 15) is 0 Å². The molecule has 0 aliphatic rings. The van der Waals surface area contributed by atoms with Crippen molar-refractivity contribution in [2.75, 3.05) is 7.05 Å². The van der Waals surface area contributed by atoms with Crippen molar-refractivity contribution in [3.8, 4) is 0 Å². The van der Waals surface area contributed by atoms with Gasteiger partial charge in [0.2, 0.25) is 0 Å². The molecule has 0 bridgehead atoms. The van der Waals surface area contributed by atoms with Gasteiger partial charge in [-0.05, 0) is 25.1 Å². The zero-order valence-corrected chi connectivity index (χ0v) is 9.03. The lowest BCUT2D eigenvalue weighted by Gasteiger charge is -2.15. The highest BCUT2D eigenvalue weighted by atomic mass is 15.1. The van der Waals surface area contributed by atoms with Crippen LogP contribution < -0.4 is 5.32 Å². The van der Waals surface area contributed by atoms with Crippen LogP contribution >= 0.6 is 0 Å². The first-order valence-corrected chi connectivity index (χ1v) is 5.32. The van der Waals surface area contributed by atoms with Crippen molar-refractivity contribution >= 4 is 0 Å². The van der Waals surface area contributed by atoms with E-state index >= 15 is 0 Å². The Morgan fingerprint density at radius 3 is 2.79 bits per heavy atom. The van der Waals surface area contributed by atoms with Crippen LogP contribution in [0.4, 0.5) is 0 Å². The summed E-state index contributed by atoms with van der Waals surface area (Å²) in [6.07, 6.45) is 8.61. The topological polar surface area (TPSA) is 37.8 Å². The van der Waals surface area contributed by atoms with Gasteiger partial charge in [0.15, 0.2) is 0 Å². The second kappa shape index (κ2) is 6.49. The third-order valence-electron chi connectivity index (χ3n) is 2.45. The van der Waals surface area contributed by atoms with Crippen molar-refractivity contribution in [2.45, 2.75) is 38.6 Å². The molecule has 0 aliphatic heterocycles. The van der Waals surface area contributed by atoms with Gasteiger partial charge < -0.3 is 5.32 Å². The third-order valence-corrected chi connectivity index (χ3v) is 2.45. The predicted molar refractivity (Wildman–Crippen MR) is 58.0 cm³/mol. The minimum absolute atomic E-state index is 0.428. The molecule has 0 aliphatic carbocycles. The summed E-state index contributed by atoms with van der Waals surface area (Å²) in [5, 5.41) is 11.0. The molecule has 1 aromatic heterocycles. The summed E-state index contributed by atoms with van der Waals surface area (Å²) < 4.78 is 0. The normalized spacial score (nSPS) is 12.7. The number of nitrogens with zero attached hydrogens (tertiary/aromatic N) is 2. The van der Waals surface area contributed by atoms with Crippen molar-refractivity contribution in [3.05, 3.63) is 24.0 Å². The average molecular weight is 193 g/mol. The Balaban J connectivity index is 2.46. The van der Waals surface area contributed by atoms with E-state index < -0.39 is 0 Å². The van der Waals surface area contributed by atoms with Gasteiger partial charge in [-0.25, -0.2) is 0 Å². The highest BCUT2D eigenvalue weighted by molar-refractivity contribution is 5.10. The van der Waals surface area contributed by atoms with Gasteiger partial charge in [0.05, 0.1) is 6.20 Å². The van der Waals surface area contributed by atoms with Gasteiger partial charge in [-0.3, -0.25) is 0 Å². The molecule has 1 atom stereocenters. The van der Waals surface area contributed by atoms with Gasteiger partial charge in [-0.2, -0.15) is 10.2 Å². The number of hydrogen-bond donors (Lipinski definition) is 1. The molecule has 0 saturated carbocycles. The fourth-order valence-corrected chi connectivity index (χ4v) is 1.58. The van der Waals surface area contributed by atoms with Gasteiger partial charge in [-0.15, -0.1) is 0 Å². The monoisotopic (exact) mass is 193 g/mol. The fourth-order valence-electron chi connectivity index (χ4n) is 1.58. The maximum Gasteiger partial charge on any atom is 0.0544 e. The summed E-state index contributed by atoms with van der Waals surface area (Å²) in [6, 6.07) is 2.46. The van der Waals surface area contributed by atoms with Crippen molar-refractivity contribution in [1.82, 2.24) is 15.5 Å². The minimum Gasteiger partial charge on any atom is -0.313 e. The molecule has 78 valence electrons. The van der Waals surface area contributed by atoms with Gasteiger partial charge in [0, 0.05) is 12.2 Å². The maximum atomic E-state index is 3.89. The largest absolute Gasteiger partial charge is 0.313 e. The second-order valence-electron chi connectivity index (χ2n) is 3.51. The Bertz CT molecular complexity index is 236. The molecule has 1 unspecified atom stereocenters. The van der Waals surface area contributed by atoms with Crippen LogP contribution in [0.25, 0.3) is 0 Å². The van der Waals surface area contributed by atoms with E-state index in [0.29, 0.717) is 6.04 Å². The van der Waals surface area contributed by atoms with Crippen LogP contribution in [0.3, 0.4) is 0 Å². The van der Waals surface area contributed by atoms with E-state index in [0.717, 1.165) is 0 Å². The molecule has 0 amide bonds. The molecule has 0 spiro atoms. The summed E-state index contributed by atoms with van der Waals surface area (Å²) in [5.74, 6) is 0. The Morgan fingerprint density at radius 2 is 2.21 bits per heavy atom. The van der Waals surface area contributed by atoms with E-state index in [1.165, 1.54) is 31.2 Å². The van der Waals surface area contributed by atoms with Crippen LogP contribution in [0.15, 0.2) is 18.5 Å². The first-order valence-electron chi connectivity index (χ1n) is 5.32. The zero-order chi connectivity index (χ0) is 10.2. The fraction of sp³-hybridized carbons (Fsp3) is 0.636. The van der Waals surface area contributed by atoms with E-state index in [1.807, 2.05) is 19.3 Å². The van der Waals surface area contributed by atoms with Crippen LogP contribution in [-0.2, 0) is 0 Å². The molecule has 1 N–H and O–H groups in total. The first kappa shape index (κ1) is 11.1. The Morgan fingerprint density at radius 1 is 1.36 bits per heavy atom. The highest BCUT2D eigenvalue weighted by Crippen LogP contribution is 2.17. The Hall–Kier alpha value is -0.960. The molecule has 0 aromatic carbocycles. The van der Waals surface area contributed by atoms with Crippen LogP contribution in [0.5, 0.6) is 0 Å². The lowest BCUT2D eigenvalue weighted by molar-refractivity contribution is 0.509. The van der Waals surface area contributed by atoms with Gasteiger partial charge in [0.25, 0.3) is 0 Å². The van der Waals surface area contributed by atoms with E-state index in [2.05, 4.69) is 22.4 Å². The first-order chi connectivity index (χ1) is 6.88. The van der Waals surface area contributed by atoms with Crippen molar-refractivity contribution in [3.63, 3.8) is 0 Å². The average Bonchev–Trinajstić information content (AvgIpc) is 2.26. The van der Waals surface area contributed by atoms with Gasteiger partial charge >= 0.3 is 0 Å². The smallest absolute Gasteiger partial charge is 0.0544 e. The van der Waals surface area contributed by atoms with Crippen molar-refractivity contribution in [2.24, 2.45) is 0 Å². The maximum absolute atomic E-state index is 3.89. The number of hydrogen-bond acceptors (Lipinski definition) is 3. The van der Waals surface area contributed by atoms with Crippen LogP contribution in [0.1, 0.15) is 44.2 Å². The van der Waals surface area contributed by atoms with Crippen molar-refractivity contribution in [1.29, 1.82) is 0 Å². The molecular weight excluding hydrogens is 174 g/mol. The van der Waals surface area contributed by atoms with E-state index in [-0.39, 0.29) is 0 Å². The molecular formula is C11H19N3. The van der Waals surface area contributed by atoms with Crippen LogP contribution in [0, 0.1) is 0 Å². The molecule has 1 rings (SSSR count). The molecule has 0 radical (unpaired) electrons. The zero-order valence-electron chi connectivity index (χ0n) is 9.03. The lowest BCUT2D eigenvalue weighted by atomic mass is 10.0. The standard InChI is InChI=1S/C11H19N3/c1-3-4-5-6-11(12-2)10-7-8-13-14-9-10/h7-9,11-12H,3-6H2,1-2H3. The van der Waals surface area contributed by atoms with Crippen LogP contribution in [-0.4, -0.2) is 17.2 Å². The summed E-state index contributed by atoms with van der Waals surface area (Å²) in [5.41, 5.74) is 1.23. The molecule has 0 fully saturated rings. The lowest BCUT2D eigenvalue weighted by Crippen LogP contribution is -2.16. The Labute approximate surface area is 85.9 Å². The SMILES string of the molecule is CCCCCC(NC)c1ccnnc1. The summed E-state index contributed by atoms with van der Waals surface area (Å²) >= 11 is 0. The molecule has 0 saturated heterocycles. The second-order valence-corrected chi connectivity index (χ2v) is 3.51. The van der Waals surface area contributed by atoms with E-state index in [1.54, 1.807) is 6.20 Å². The van der Waals surface area contributed by atoms with Crippen LogP contribution in [0.2, 0.25) is 0 Å². The summed E-state index contributed by atoms with van der Waals surface area (Å²) in [4.78, 5) is 0. The number of aromatic nitrogens is 2. The molecule has 1 aromatic rings. The third kappa shape index (κ3) is 3.42. The van der Waals surface area contributed by atoms with E-state index in [4.69, 9.17) is 0 Å². The molecule has 3 nitrogen and oxygen atoms in total. The summed E-state index contributed by atoms with van der Waals surface area (Å²) in [7, 11) is 2.00. The Kier molecular flexibility index (Phi) is 5.15. The quantitative estimate of drug-likeness (QED) is 0.704. The summed E-state index contributed by atoms with van der Waals surface area (Å²) in [6.45, 7) is 2.22. The van der Waals surface area contributed by atoms with Crippen molar-refractivity contribution < 1.29 is 0 Å². The minimum atomic E-state index is 0.428. The number of nitrogens with one attached hydrogen (secondary N) is 1. The van der Waals surface area contributed by atoms with Gasteiger partial charge in [-0.1, -0.05) is 26.2 Å². The highest BCUT2D eigenvalue weighted by Gasteiger charge is 2.07. The van der Waals surface area contributed by atoms with Gasteiger partial charge in [0.1, 0.15) is 0 Å². The predicted octanol–water partition coefficient (Wildman–Crippen LogP) is 2.32.